The average molecular weight is 585 g/mol. The minimum absolute atomic E-state index is 0.0981. The van der Waals surface area contributed by atoms with E-state index in [-0.39, 0.29) is 23.0 Å². The molecule has 6 heteroatoms. The Labute approximate surface area is 250 Å². The van der Waals surface area contributed by atoms with Crippen molar-refractivity contribution in [3.8, 4) is 11.5 Å². The Kier molecular flexibility index (Phi) is 10.8. The summed E-state index contributed by atoms with van der Waals surface area (Å²) in [6.07, 6.45) is 6.98. The molecule has 0 aliphatic carbocycles. The first-order valence-corrected chi connectivity index (χ1v) is 16.8. The van der Waals surface area contributed by atoms with E-state index in [1.54, 1.807) is 0 Å². The summed E-state index contributed by atoms with van der Waals surface area (Å²) in [5.41, 5.74) is 4.62. The van der Waals surface area contributed by atoms with Gasteiger partial charge in [0, 0.05) is 42.1 Å². The third-order valence-electron chi connectivity index (χ3n) is 8.04. The molecule has 2 atom stereocenters. The quantitative estimate of drug-likeness (QED) is 0.282. The lowest BCUT2D eigenvalue weighted by molar-refractivity contribution is -0.0112. The van der Waals surface area contributed by atoms with Crippen molar-refractivity contribution in [2.75, 3.05) is 33.5 Å². The van der Waals surface area contributed by atoms with Gasteiger partial charge in [-0.2, -0.15) is 0 Å². The van der Waals surface area contributed by atoms with Gasteiger partial charge in [0.15, 0.2) is 0 Å². The fourth-order valence-corrected chi connectivity index (χ4v) is 7.82. The number of ether oxygens (including phenoxy) is 4. The van der Waals surface area contributed by atoms with Crippen molar-refractivity contribution in [3.63, 3.8) is 0 Å². The zero-order chi connectivity index (χ0) is 29.8. The van der Waals surface area contributed by atoms with Gasteiger partial charge >= 0.3 is 0 Å². The van der Waals surface area contributed by atoms with Gasteiger partial charge in [0.1, 0.15) is 24.7 Å². The number of hydrogen-bond acceptors (Lipinski definition) is 5. The number of hydrogen-bond donors (Lipinski definition) is 0. The highest BCUT2D eigenvalue weighted by molar-refractivity contribution is 7.69. The molecule has 2 saturated heterocycles. The number of aryl methyl sites for hydroxylation is 2. The van der Waals surface area contributed by atoms with Crippen molar-refractivity contribution in [2.45, 2.75) is 117 Å². The first-order chi connectivity index (χ1) is 19.4. The second-order valence-corrected chi connectivity index (χ2v) is 15.8. The Bertz CT molecular complexity index is 1060. The van der Waals surface area contributed by atoms with Crippen LogP contribution in [0.2, 0.25) is 0 Å². The first kappa shape index (κ1) is 32.3. The highest BCUT2D eigenvalue weighted by Crippen LogP contribution is 2.46. The van der Waals surface area contributed by atoms with Crippen molar-refractivity contribution in [3.05, 3.63) is 46.5 Å². The molecule has 228 valence electrons. The highest BCUT2D eigenvalue weighted by atomic mass is 31.1. The van der Waals surface area contributed by atoms with Gasteiger partial charge in [-0.3, -0.25) is 0 Å². The van der Waals surface area contributed by atoms with Gasteiger partial charge in [0.2, 0.25) is 0 Å². The molecule has 4 rings (SSSR count). The molecule has 0 amide bonds. The molecule has 2 fully saturated rings. The molecular formula is C35H53O5P. The molecule has 2 unspecified atom stereocenters. The van der Waals surface area contributed by atoms with Crippen LogP contribution in [0.3, 0.4) is 0 Å². The van der Waals surface area contributed by atoms with E-state index in [9.17, 15) is 0 Å². The Morgan fingerprint density at radius 3 is 1.41 bits per heavy atom. The van der Waals surface area contributed by atoms with Crippen molar-refractivity contribution in [1.82, 2.24) is 0 Å². The predicted molar refractivity (Wildman–Crippen MR) is 171 cm³/mol. The van der Waals surface area contributed by atoms with Crippen LogP contribution >= 0.6 is 8.15 Å². The first-order valence-electron chi connectivity index (χ1n) is 15.5. The smallest absolute Gasteiger partial charge is 0.133 e. The molecule has 2 aliphatic rings. The summed E-state index contributed by atoms with van der Waals surface area (Å²) in [5.74, 6) is 1.87. The minimum Gasteiger partial charge on any atom is -0.490 e. The van der Waals surface area contributed by atoms with Crippen LogP contribution in [0.15, 0.2) is 24.3 Å². The standard InChI is InChI=1S/C35H53O5P/c1-24-18-28(34(3,4)5)32(39-22-26-14-10-12-16-37-26)30(20-24)41(36-9)31-21-25(2)19-29(35(6,7)8)33(31)40-23-27-15-11-13-17-38-27/h18-21,26-27H,10-17,22-23H2,1-9H3. The number of benzene rings is 2. The number of rotatable bonds is 9. The zero-order valence-corrected chi connectivity index (χ0v) is 27.9. The van der Waals surface area contributed by atoms with Gasteiger partial charge in [-0.15, -0.1) is 0 Å². The monoisotopic (exact) mass is 584 g/mol. The fraction of sp³-hybridized carbons (Fsp3) is 0.657. The van der Waals surface area contributed by atoms with E-state index in [1.165, 1.54) is 35.1 Å². The molecule has 41 heavy (non-hydrogen) atoms. The van der Waals surface area contributed by atoms with Crippen molar-refractivity contribution in [2.24, 2.45) is 0 Å². The minimum atomic E-state index is -1.24. The van der Waals surface area contributed by atoms with E-state index in [2.05, 4.69) is 79.7 Å². The van der Waals surface area contributed by atoms with Crippen molar-refractivity contribution in [1.29, 1.82) is 0 Å². The summed E-state index contributed by atoms with van der Waals surface area (Å²) in [7, 11) is 0.586. The van der Waals surface area contributed by atoms with E-state index in [0.29, 0.717) is 13.2 Å². The Morgan fingerprint density at radius 2 is 1.10 bits per heavy atom. The molecular weight excluding hydrogens is 531 g/mol. The molecule has 2 aromatic carbocycles. The van der Waals surface area contributed by atoms with Crippen LogP contribution in [0.4, 0.5) is 0 Å². The third kappa shape index (κ3) is 8.25. The van der Waals surface area contributed by atoms with E-state index in [1.807, 2.05) is 7.11 Å². The maximum absolute atomic E-state index is 6.77. The largest absolute Gasteiger partial charge is 0.490 e. The molecule has 2 heterocycles. The van der Waals surface area contributed by atoms with Crippen LogP contribution in [-0.2, 0) is 24.8 Å². The Hall–Kier alpha value is -1.65. The highest BCUT2D eigenvalue weighted by Gasteiger charge is 2.32. The summed E-state index contributed by atoms with van der Waals surface area (Å²) in [6.45, 7) is 20.6. The predicted octanol–water partition coefficient (Wildman–Crippen LogP) is 7.79. The summed E-state index contributed by atoms with van der Waals surface area (Å²) < 4.78 is 32.1. The molecule has 2 aliphatic heterocycles. The summed E-state index contributed by atoms with van der Waals surface area (Å²) in [4.78, 5) is 0. The van der Waals surface area contributed by atoms with Gasteiger partial charge in [0.25, 0.3) is 0 Å². The van der Waals surface area contributed by atoms with Crippen LogP contribution in [0, 0.1) is 13.8 Å². The maximum Gasteiger partial charge on any atom is 0.133 e. The van der Waals surface area contributed by atoms with E-state index >= 15 is 0 Å². The summed E-state index contributed by atoms with van der Waals surface area (Å²) in [6, 6.07) is 9.07. The van der Waals surface area contributed by atoms with Gasteiger partial charge in [0.05, 0.1) is 20.4 Å². The molecule has 2 aromatic rings. The molecule has 0 bridgehead atoms. The maximum atomic E-state index is 6.77. The van der Waals surface area contributed by atoms with Crippen molar-refractivity contribution < 1.29 is 23.5 Å². The fourth-order valence-electron chi connectivity index (χ4n) is 5.78. The SMILES string of the molecule is COP(c1cc(C)cc(C(C)(C)C)c1OCC1CCCCO1)c1cc(C)cc(C(C)(C)C)c1OCC1CCCCO1. The van der Waals surface area contributed by atoms with E-state index < -0.39 is 8.15 Å². The molecule has 0 radical (unpaired) electrons. The Morgan fingerprint density at radius 1 is 0.683 bits per heavy atom. The topological polar surface area (TPSA) is 46.2 Å². The Balaban J connectivity index is 1.83. The van der Waals surface area contributed by atoms with Crippen molar-refractivity contribution >= 4 is 18.8 Å². The second kappa shape index (κ2) is 13.8. The third-order valence-corrected chi connectivity index (χ3v) is 9.94. The van der Waals surface area contributed by atoms with Crippen LogP contribution in [0.25, 0.3) is 0 Å². The summed E-state index contributed by atoms with van der Waals surface area (Å²) >= 11 is 0. The zero-order valence-electron chi connectivity index (χ0n) is 27.0. The normalized spacial score (nSPS) is 21.0. The lowest BCUT2D eigenvalue weighted by atomic mass is 9.85. The van der Waals surface area contributed by atoms with Gasteiger partial charge in [-0.05, 0) is 86.5 Å². The molecule has 0 saturated carbocycles. The molecule has 0 spiro atoms. The van der Waals surface area contributed by atoms with E-state index in [0.717, 1.165) is 61.0 Å². The molecule has 0 N–H and O–H groups in total. The van der Waals surface area contributed by atoms with Crippen LogP contribution in [0.1, 0.15) is 102 Å². The second-order valence-electron chi connectivity index (χ2n) is 13.9. The molecule has 5 nitrogen and oxygen atoms in total. The van der Waals surface area contributed by atoms with Gasteiger partial charge < -0.3 is 23.5 Å². The van der Waals surface area contributed by atoms with Gasteiger partial charge in [-0.1, -0.05) is 53.7 Å². The lowest BCUT2D eigenvalue weighted by Crippen LogP contribution is -2.31. The van der Waals surface area contributed by atoms with Crippen LogP contribution in [0.5, 0.6) is 11.5 Å². The average Bonchev–Trinajstić information content (AvgIpc) is 2.92. The van der Waals surface area contributed by atoms with Crippen LogP contribution in [-0.4, -0.2) is 45.7 Å². The summed E-state index contributed by atoms with van der Waals surface area (Å²) in [5, 5.41) is 2.21. The van der Waals surface area contributed by atoms with Gasteiger partial charge in [-0.25, -0.2) is 0 Å². The van der Waals surface area contributed by atoms with E-state index in [4.69, 9.17) is 23.5 Å². The lowest BCUT2D eigenvalue weighted by Gasteiger charge is -2.32. The van der Waals surface area contributed by atoms with Crippen LogP contribution < -0.4 is 20.1 Å². The molecule has 0 aromatic heterocycles.